The number of aromatic nitrogens is 2. The third-order valence-electron chi connectivity index (χ3n) is 2.55. The molecule has 0 fully saturated rings. The van der Waals surface area contributed by atoms with E-state index in [4.69, 9.17) is 5.26 Å². The lowest BCUT2D eigenvalue weighted by molar-refractivity contribution is 0.600. The van der Waals surface area contributed by atoms with Crippen molar-refractivity contribution in [3.63, 3.8) is 0 Å². The number of benzene rings is 1. The minimum absolute atomic E-state index is 0.0435. The van der Waals surface area contributed by atoms with Crippen LogP contribution in [0.1, 0.15) is 11.5 Å². The van der Waals surface area contributed by atoms with Crippen LogP contribution in [0.25, 0.3) is 0 Å². The molecule has 0 aliphatic heterocycles. The standard InChI is InChI=1S/C13H10F2N4/c1-8-17-10(7-16)6-13(18-8)19(2)12-5-9(14)3-4-11(12)15/h3-6H,1-2H3. The van der Waals surface area contributed by atoms with Crippen LogP contribution in [0.4, 0.5) is 20.3 Å². The molecule has 6 heteroatoms. The van der Waals surface area contributed by atoms with Crippen LogP contribution < -0.4 is 4.90 Å². The fourth-order valence-electron chi connectivity index (χ4n) is 1.65. The molecule has 2 aromatic rings. The van der Waals surface area contributed by atoms with E-state index in [1.807, 2.05) is 6.07 Å². The molecule has 1 aromatic heterocycles. The van der Waals surface area contributed by atoms with Crippen molar-refractivity contribution in [2.45, 2.75) is 6.92 Å². The third kappa shape index (κ3) is 2.65. The Kier molecular flexibility index (Phi) is 3.38. The van der Waals surface area contributed by atoms with Crippen molar-refractivity contribution in [3.05, 3.63) is 47.4 Å². The molecule has 4 nitrogen and oxygen atoms in total. The van der Waals surface area contributed by atoms with Crippen molar-refractivity contribution in [1.29, 1.82) is 5.26 Å². The zero-order valence-electron chi connectivity index (χ0n) is 10.4. The first-order chi connectivity index (χ1) is 9.01. The molecule has 2 rings (SSSR count). The van der Waals surface area contributed by atoms with E-state index in [0.717, 1.165) is 18.2 Å². The highest BCUT2D eigenvalue weighted by atomic mass is 19.1. The van der Waals surface area contributed by atoms with Crippen molar-refractivity contribution in [3.8, 4) is 6.07 Å². The molecule has 0 unspecified atom stereocenters. The average molecular weight is 260 g/mol. The van der Waals surface area contributed by atoms with Gasteiger partial charge in [-0.1, -0.05) is 0 Å². The molecule has 0 saturated heterocycles. The predicted octanol–water partition coefficient (Wildman–Crippen LogP) is 2.70. The van der Waals surface area contributed by atoms with Crippen molar-refractivity contribution >= 4 is 11.5 Å². The number of rotatable bonds is 2. The molecule has 0 bridgehead atoms. The fourth-order valence-corrected chi connectivity index (χ4v) is 1.65. The molecule has 0 aliphatic rings. The summed E-state index contributed by atoms with van der Waals surface area (Å²) in [5.41, 5.74) is 0.216. The van der Waals surface area contributed by atoms with Gasteiger partial charge >= 0.3 is 0 Å². The smallest absolute Gasteiger partial charge is 0.147 e. The lowest BCUT2D eigenvalue weighted by Crippen LogP contribution is -2.14. The molecular weight excluding hydrogens is 250 g/mol. The molecule has 0 radical (unpaired) electrons. The summed E-state index contributed by atoms with van der Waals surface area (Å²) in [6.45, 7) is 1.63. The second kappa shape index (κ2) is 4.98. The van der Waals surface area contributed by atoms with E-state index in [1.54, 1.807) is 14.0 Å². The van der Waals surface area contributed by atoms with E-state index < -0.39 is 11.6 Å². The number of aryl methyl sites for hydroxylation is 1. The summed E-state index contributed by atoms with van der Waals surface area (Å²) in [7, 11) is 1.54. The number of nitriles is 1. The summed E-state index contributed by atoms with van der Waals surface area (Å²) in [6, 6.07) is 6.46. The van der Waals surface area contributed by atoms with Crippen molar-refractivity contribution in [2.75, 3.05) is 11.9 Å². The quantitative estimate of drug-likeness (QED) is 0.833. The lowest BCUT2D eigenvalue weighted by Gasteiger charge is -2.19. The van der Waals surface area contributed by atoms with Gasteiger partial charge in [0.1, 0.15) is 35.0 Å². The third-order valence-corrected chi connectivity index (χ3v) is 2.55. The first kappa shape index (κ1) is 12.9. The molecule has 19 heavy (non-hydrogen) atoms. The van der Waals surface area contributed by atoms with Gasteiger partial charge in [0.25, 0.3) is 0 Å². The van der Waals surface area contributed by atoms with E-state index in [-0.39, 0.29) is 11.4 Å². The first-order valence-corrected chi connectivity index (χ1v) is 5.46. The Labute approximate surface area is 109 Å². The molecule has 0 saturated carbocycles. The summed E-state index contributed by atoms with van der Waals surface area (Å²) in [5.74, 6) is -0.403. The van der Waals surface area contributed by atoms with Crippen LogP contribution in [0.3, 0.4) is 0 Å². The number of nitrogens with zero attached hydrogens (tertiary/aromatic N) is 4. The monoisotopic (exact) mass is 260 g/mol. The molecule has 0 amide bonds. The maximum absolute atomic E-state index is 13.7. The predicted molar refractivity (Wildman–Crippen MR) is 65.9 cm³/mol. The minimum Gasteiger partial charge on any atom is -0.327 e. The highest BCUT2D eigenvalue weighted by Gasteiger charge is 2.13. The van der Waals surface area contributed by atoms with Gasteiger partial charge in [0.2, 0.25) is 0 Å². The highest BCUT2D eigenvalue weighted by molar-refractivity contribution is 5.60. The van der Waals surface area contributed by atoms with Gasteiger partial charge in [-0.3, -0.25) is 0 Å². The normalized spacial score (nSPS) is 10.1. The maximum atomic E-state index is 13.7. The molecule has 1 heterocycles. The highest BCUT2D eigenvalue weighted by Crippen LogP contribution is 2.25. The van der Waals surface area contributed by atoms with Crippen LogP contribution in [0.2, 0.25) is 0 Å². The van der Waals surface area contributed by atoms with Crippen LogP contribution in [-0.2, 0) is 0 Å². The van der Waals surface area contributed by atoms with E-state index in [0.29, 0.717) is 11.6 Å². The van der Waals surface area contributed by atoms with E-state index >= 15 is 0 Å². The molecule has 0 N–H and O–H groups in total. The first-order valence-electron chi connectivity index (χ1n) is 5.46. The summed E-state index contributed by atoms with van der Waals surface area (Å²) in [5, 5.41) is 8.84. The Morgan fingerprint density at radius 3 is 2.63 bits per heavy atom. The number of hydrogen-bond acceptors (Lipinski definition) is 4. The summed E-state index contributed by atoms with van der Waals surface area (Å²) >= 11 is 0. The summed E-state index contributed by atoms with van der Waals surface area (Å²) < 4.78 is 26.8. The minimum atomic E-state index is -0.571. The van der Waals surface area contributed by atoms with E-state index in [2.05, 4.69) is 9.97 Å². The van der Waals surface area contributed by atoms with Gasteiger partial charge in [0, 0.05) is 19.2 Å². The molecule has 0 aliphatic carbocycles. The van der Waals surface area contributed by atoms with Crippen LogP contribution in [-0.4, -0.2) is 17.0 Å². The summed E-state index contributed by atoms with van der Waals surface area (Å²) in [4.78, 5) is 9.37. The topological polar surface area (TPSA) is 52.8 Å². The van der Waals surface area contributed by atoms with Crippen molar-refractivity contribution in [2.24, 2.45) is 0 Å². The van der Waals surface area contributed by atoms with Crippen LogP contribution in [0.15, 0.2) is 24.3 Å². The number of hydrogen-bond donors (Lipinski definition) is 0. The van der Waals surface area contributed by atoms with Gasteiger partial charge in [-0.15, -0.1) is 0 Å². The van der Waals surface area contributed by atoms with Gasteiger partial charge in [-0.25, -0.2) is 18.7 Å². The Morgan fingerprint density at radius 1 is 1.21 bits per heavy atom. The van der Waals surface area contributed by atoms with Crippen LogP contribution >= 0.6 is 0 Å². The number of anilines is 2. The van der Waals surface area contributed by atoms with E-state index in [9.17, 15) is 8.78 Å². The Bertz CT molecular complexity index is 664. The van der Waals surface area contributed by atoms with Gasteiger partial charge in [0.15, 0.2) is 0 Å². The van der Waals surface area contributed by atoms with Crippen LogP contribution in [0.5, 0.6) is 0 Å². The van der Waals surface area contributed by atoms with E-state index in [1.165, 1.54) is 11.0 Å². The fraction of sp³-hybridized carbons (Fsp3) is 0.154. The zero-order valence-corrected chi connectivity index (χ0v) is 10.4. The van der Waals surface area contributed by atoms with Gasteiger partial charge in [-0.2, -0.15) is 5.26 Å². The average Bonchev–Trinajstić information content (AvgIpc) is 2.40. The van der Waals surface area contributed by atoms with Crippen molar-refractivity contribution in [1.82, 2.24) is 9.97 Å². The molecule has 96 valence electrons. The van der Waals surface area contributed by atoms with Gasteiger partial charge in [0.05, 0.1) is 5.69 Å². The maximum Gasteiger partial charge on any atom is 0.147 e. The second-order valence-electron chi connectivity index (χ2n) is 3.93. The van der Waals surface area contributed by atoms with Crippen molar-refractivity contribution < 1.29 is 8.78 Å². The molecule has 0 spiro atoms. The largest absolute Gasteiger partial charge is 0.327 e. The Hall–Kier alpha value is -2.55. The zero-order chi connectivity index (χ0) is 14.0. The second-order valence-corrected chi connectivity index (χ2v) is 3.93. The number of halogens is 2. The molecule has 0 atom stereocenters. The summed E-state index contributed by atoms with van der Waals surface area (Å²) in [6.07, 6.45) is 0. The Morgan fingerprint density at radius 2 is 1.95 bits per heavy atom. The molecule has 1 aromatic carbocycles. The lowest BCUT2D eigenvalue weighted by atomic mass is 10.2. The van der Waals surface area contributed by atoms with Gasteiger partial charge < -0.3 is 4.90 Å². The molecular formula is C13H10F2N4. The van der Waals surface area contributed by atoms with Crippen LogP contribution in [0, 0.1) is 29.9 Å². The van der Waals surface area contributed by atoms with Gasteiger partial charge in [-0.05, 0) is 19.1 Å². The SMILES string of the molecule is Cc1nc(C#N)cc(N(C)c2cc(F)ccc2F)n1. The Balaban J connectivity index is 2.50.